The molecule has 2 N–H and O–H groups in total. The summed E-state index contributed by atoms with van der Waals surface area (Å²) in [5.74, 6) is -0.557. The molecule has 1 fully saturated rings. The molecule has 0 aliphatic carbocycles. The van der Waals surface area contributed by atoms with Crippen LogP contribution in [0, 0.1) is 11.7 Å². The summed E-state index contributed by atoms with van der Waals surface area (Å²) in [5.41, 5.74) is 0.269. The molecule has 3 rings (SSSR count). The molecule has 1 aliphatic heterocycles. The minimum atomic E-state index is -0.578. The van der Waals surface area contributed by atoms with Crippen molar-refractivity contribution in [3.8, 4) is 11.4 Å². The van der Waals surface area contributed by atoms with Crippen LogP contribution in [0.1, 0.15) is 26.7 Å². The lowest BCUT2D eigenvalue weighted by Crippen LogP contribution is -2.48. The Balaban J connectivity index is 1.76. The van der Waals surface area contributed by atoms with Gasteiger partial charge in [0.1, 0.15) is 11.9 Å². The van der Waals surface area contributed by atoms with Crippen molar-refractivity contribution < 1.29 is 14.0 Å². The molecule has 1 saturated heterocycles. The van der Waals surface area contributed by atoms with Gasteiger partial charge < -0.3 is 4.90 Å². The van der Waals surface area contributed by atoms with Crippen molar-refractivity contribution in [3.63, 3.8) is 0 Å². The van der Waals surface area contributed by atoms with E-state index in [1.54, 1.807) is 23.1 Å². The third-order valence-corrected chi connectivity index (χ3v) is 4.20. The van der Waals surface area contributed by atoms with E-state index >= 15 is 0 Å². The lowest BCUT2D eigenvalue weighted by Gasteiger charge is -2.29. The molecule has 1 aromatic heterocycles. The monoisotopic (exact) mass is 345 g/mol. The number of hydrogen-bond acceptors (Lipinski definition) is 4. The number of hydrogen-bond donors (Lipinski definition) is 2. The van der Waals surface area contributed by atoms with Crippen LogP contribution < -0.4 is 5.32 Å². The van der Waals surface area contributed by atoms with Crippen LogP contribution in [-0.2, 0) is 9.59 Å². The van der Waals surface area contributed by atoms with Crippen molar-refractivity contribution in [3.05, 3.63) is 30.1 Å². The Bertz CT molecular complexity index is 789. The Labute approximate surface area is 144 Å². The first kappa shape index (κ1) is 17.1. The van der Waals surface area contributed by atoms with Gasteiger partial charge in [0, 0.05) is 13.0 Å². The molecule has 25 heavy (non-hydrogen) atoms. The summed E-state index contributed by atoms with van der Waals surface area (Å²) in [5, 5.41) is 9.16. The minimum absolute atomic E-state index is 0.0177. The molecule has 2 amide bonds. The molecule has 1 aromatic carbocycles. The molecule has 0 radical (unpaired) electrons. The molecule has 8 heteroatoms. The SMILES string of the molecule is CC(C)C(C(=O)Nc1n[nH]c(-c2ccccc2F)n1)N1CCCC1=O. The number of aromatic amines is 1. The fourth-order valence-electron chi connectivity index (χ4n) is 3.04. The number of rotatable bonds is 5. The van der Waals surface area contributed by atoms with E-state index in [4.69, 9.17) is 0 Å². The second-order valence-electron chi connectivity index (χ2n) is 6.36. The van der Waals surface area contributed by atoms with Crippen molar-refractivity contribution in [2.24, 2.45) is 5.92 Å². The van der Waals surface area contributed by atoms with Crippen molar-refractivity contribution in [1.82, 2.24) is 20.1 Å². The van der Waals surface area contributed by atoms with Crippen molar-refractivity contribution in [2.45, 2.75) is 32.7 Å². The summed E-state index contributed by atoms with van der Waals surface area (Å²) >= 11 is 0. The molecule has 132 valence electrons. The maximum atomic E-state index is 13.8. The Morgan fingerprint density at radius 3 is 2.76 bits per heavy atom. The van der Waals surface area contributed by atoms with Gasteiger partial charge >= 0.3 is 0 Å². The number of aromatic nitrogens is 3. The maximum Gasteiger partial charge on any atom is 0.249 e. The van der Waals surface area contributed by atoms with Crippen LogP contribution in [0.2, 0.25) is 0 Å². The molecule has 1 unspecified atom stereocenters. The largest absolute Gasteiger partial charge is 0.330 e. The van der Waals surface area contributed by atoms with Gasteiger partial charge in [0.2, 0.25) is 17.8 Å². The van der Waals surface area contributed by atoms with Gasteiger partial charge in [-0.3, -0.25) is 20.0 Å². The summed E-state index contributed by atoms with van der Waals surface area (Å²) in [7, 11) is 0. The number of anilines is 1. The summed E-state index contributed by atoms with van der Waals surface area (Å²) in [6.07, 6.45) is 1.22. The number of H-pyrrole nitrogens is 1. The number of nitrogens with zero attached hydrogens (tertiary/aromatic N) is 3. The normalized spacial score (nSPS) is 15.7. The van der Waals surface area contributed by atoms with Crippen LogP contribution in [0.3, 0.4) is 0 Å². The zero-order valence-corrected chi connectivity index (χ0v) is 14.1. The van der Waals surface area contributed by atoms with Gasteiger partial charge in [-0.25, -0.2) is 4.39 Å². The highest BCUT2D eigenvalue weighted by Gasteiger charge is 2.35. The van der Waals surface area contributed by atoms with E-state index in [-0.39, 0.29) is 35.1 Å². The molecule has 2 heterocycles. The fraction of sp³-hybridized carbons (Fsp3) is 0.412. The zero-order chi connectivity index (χ0) is 18.0. The molecular weight excluding hydrogens is 325 g/mol. The topological polar surface area (TPSA) is 91.0 Å². The van der Waals surface area contributed by atoms with Crippen molar-refractivity contribution >= 4 is 17.8 Å². The smallest absolute Gasteiger partial charge is 0.249 e. The molecule has 0 saturated carbocycles. The first-order valence-electron chi connectivity index (χ1n) is 8.25. The first-order chi connectivity index (χ1) is 12.0. The lowest BCUT2D eigenvalue weighted by molar-refractivity contribution is -0.136. The molecule has 0 bridgehead atoms. The lowest BCUT2D eigenvalue weighted by atomic mass is 10.0. The number of halogens is 1. The van der Waals surface area contributed by atoms with Gasteiger partial charge in [0.15, 0.2) is 5.82 Å². The Hall–Kier alpha value is -2.77. The Morgan fingerprint density at radius 2 is 2.12 bits per heavy atom. The highest BCUT2D eigenvalue weighted by molar-refractivity contribution is 5.96. The van der Waals surface area contributed by atoms with Crippen LogP contribution >= 0.6 is 0 Å². The quantitative estimate of drug-likeness (QED) is 0.869. The number of carbonyl (C=O) groups is 2. The molecule has 7 nitrogen and oxygen atoms in total. The first-order valence-corrected chi connectivity index (χ1v) is 8.25. The fourth-order valence-corrected chi connectivity index (χ4v) is 3.04. The average molecular weight is 345 g/mol. The molecular formula is C17H20FN5O2. The van der Waals surface area contributed by atoms with E-state index in [0.717, 1.165) is 6.42 Å². The van der Waals surface area contributed by atoms with E-state index < -0.39 is 11.9 Å². The predicted octanol–water partition coefficient (Wildman–Crippen LogP) is 2.20. The summed E-state index contributed by atoms with van der Waals surface area (Å²) < 4.78 is 13.8. The van der Waals surface area contributed by atoms with Crippen LogP contribution in [-0.4, -0.2) is 44.5 Å². The van der Waals surface area contributed by atoms with E-state index in [2.05, 4.69) is 20.5 Å². The van der Waals surface area contributed by atoms with E-state index in [0.29, 0.717) is 13.0 Å². The van der Waals surface area contributed by atoms with Crippen LogP contribution in [0.25, 0.3) is 11.4 Å². The average Bonchev–Trinajstić information content (AvgIpc) is 3.18. The van der Waals surface area contributed by atoms with Gasteiger partial charge in [0.05, 0.1) is 5.56 Å². The number of likely N-dealkylation sites (tertiary alicyclic amines) is 1. The Morgan fingerprint density at radius 1 is 1.36 bits per heavy atom. The molecule has 1 aliphatic rings. The summed E-state index contributed by atoms with van der Waals surface area (Å²) in [6, 6.07) is 5.58. The molecule has 1 atom stereocenters. The van der Waals surface area contributed by atoms with E-state index in [1.165, 1.54) is 6.07 Å². The molecule has 2 aromatic rings. The Kier molecular flexibility index (Phi) is 4.78. The van der Waals surface area contributed by atoms with Crippen LogP contribution in [0.4, 0.5) is 10.3 Å². The minimum Gasteiger partial charge on any atom is -0.330 e. The third-order valence-electron chi connectivity index (χ3n) is 4.20. The van der Waals surface area contributed by atoms with Crippen molar-refractivity contribution in [1.29, 1.82) is 0 Å². The van der Waals surface area contributed by atoms with Gasteiger partial charge in [0.25, 0.3) is 0 Å². The number of nitrogens with one attached hydrogen (secondary N) is 2. The van der Waals surface area contributed by atoms with Gasteiger partial charge in [-0.2, -0.15) is 4.98 Å². The standard InChI is InChI=1S/C17H20FN5O2/c1-10(2)14(23-9-5-8-13(23)24)16(25)20-17-19-15(21-22-17)11-6-3-4-7-12(11)18/h3-4,6-7,10,14H,5,8-9H2,1-2H3,(H2,19,20,21,22,25). The summed E-state index contributed by atoms with van der Waals surface area (Å²) in [4.78, 5) is 30.3. The number of carbonyl (C=O) groups excluding carboxylic acids is 2. The van der Waals surface area contributed by atoms with Gasteiger partial charge in [-0.15, -0.1) is 5.10 Å². The number of benzene rings is 1. The zero-order valence-electron chi connectivity index (χ0n) is 14.1. The van der Waals surface area contributed by atoms with Gasteiger partial charge in [-0.05, 0) is 24.5 Å². The second kappa shape index (κ2) is 7.00. The van der Waals surface area contributed by atoms with Crippen LogP contribution in [0.15, 0.2) is 24.3 Å². The summed E-state index contributed by atoms with van der Waals surface area (Å²) in [6.45, 7) is 4.35. The second-order valence-corrected chi connectivity index (χ2v) is 6.36. The molecule has 0 spiro atoms. The highest BCUT2D eigenvalue weighted by Crippen LogP contribution is 2.22. The maximum absolute atomic E-state index is 13.8. The predicted molar refractivity (Wildman–Crippen MR) is 90.0 cm³/mol. The van der Waals surface area contributed by atoms with Crippen LogP contribution in [0.5, 0.6) is 0 Å². The number of amides is 2. The highest BCUT2D eigenvalue weighted by atomic mass is 19.1. The van der Waals surface area contributed by atoms with Crippen molar-refractivity contribution in [2.75, 3.05) is 11.9 Å². The van der Waals surface area contributed by atoms with E-state index in [1.807, 2.05) is 13.8 Å². The van der Waals surface area contributed by atoms with Gasteiger partial charge in [-0.1, -0.05) is 26.0 Å². The van der Waals surface area contributed by atoms with E-state index in [9.17, 15) is 14.0 Å². The third kappa shape index (κ3) is 3.52.